The number of nitrogens with zero attached hydrogens (tertiary/aromatic N) is 5. The fourth-order valence-corrected chi connectivity index (χ4v) is 4.57. The third kappa shape index (κ3) is 4.53. The first kappa shape index (κ1) is 21.8. The summed E-state index contributed by atoms with van der Waals surface area (Å²) in [5, 5.41) is 8.16. The zero-order valence-corrected chi connectivity index (χ0v) is 19.8. The van der Waals surface area contributed by atoms with Crippen LogP contribution in [-0.2, 0) is 0 Å². The van der Waals surface area contributed by atoms with Crippen LogP contribution in [0, 0.1) is 12.7 Å². The van der Waals surface area contributed by atoms with Gasteiger partial charge in [0.05, 0.1) is 11.2 Å². The van der Waals surface area contributed by atoms with Crippen LogP contribution in [0.25, 0.3) is 10.9 Å². The van der Waals surface area contributed by atoms with Crippen LogP contribution < -0.4 is 15.0 Å². The second kappa shape index (κ2) is 8.84. The van der Waals surface area contributed by atoms with Gasteiger partial charge in [-0.2, -0.15) is 9.97 Å². The van der Waals surface area contributed by atoms with E-state index in [1.165, 1.54) is 12.5 Å². The Hall–Kier alpha value is -3.66. The zero-order valence-electron chi connectivity index (χ0n) is 19.8. The van der Waals surface area contributed by atoms with Gasteiger partial charge in [0.2, 0.25) is 5.88 Å². The van der Waals surface area contributed by atoms with E-state index < -0.39 is 0 Å². The molecule has 1 aliphatic carbocycles. The van der Waals surface area contributed by atoms with Crippen molar-refractivity contribution < 1.29 is 13.7 Å². The van der Waals surface area contributed by atoms with E-state index in [1.54, 1.807) is 6.07 Å². The van der Waals surface area contributed by atoms with Crippen molar-refractivity contribution >= 4 is 28.4 Å². The molecule has 1 aliphatic heterocycles. The maximum absolute atomic E-state index is 14.6. The Bertz CT molecular complexity index is 1360. The number of aromatic nitrogens is 4. The minimum Gasteiger partial charge on any atom is -0.424 e. The number of benzene rings is 1. The summed E-state index contributed by atoms with van der Waals surface area (Å²) >= 11 is 0. The first-order chi connectivity index (χ1) is 17.0. The standard InChI is InChI=1S/C25H28FN7O2/c1-15-10-17-11-18(12-19(26)24(17)27-15)34-25-29-21(14-22(30-25)33-8-6-32(2)7-9-33)28-23-13-20(31-35-23)16-4-3-5-16/h10-14,16,27H,3-9H2,1-2H3,(H,28,29,30). The van der Waals surface area contributed by atoms with Crippen molar-refractivity contribution in [2.75, 3.05) is 43.4 Å². The lowest BCUT2D eigenvalue weighted by Crippen LogP contribution is -2.44. The van der Waals surface area contributed by atoms with E-state index in [1.807, 2.05) is 25.1 Å². The molecule has 1 saturated heterocycles. The molecule has 0 spiro atoms. The van der Waals surface area contributed by atoms with Gasteiger partial charge in [0.15, 0.2) is 5.82 Å². The van der Waals surface area contributed by atoms with Crippen molar-refractivity contribution in [2.24, 2.45) is 0 Å². The maximum Gasteiger partial charge on any atom is 0.325 e. The summed E-state index contributed by atoms with van der Waals surface area (Å²) in [6.07, 6.45) is 3.52. The Balaban J connectivity index is 1.31. The van der Waals surface area contributed by atoms with E-state index in [-0.39, 0.29) is 11.8 Å². The Morgan fingerprint density at radius 2 is 1.91 bits per heavy atom. The van der Waals surface area contributed by atoms with E-state index in [0.29, 0.717) is 28.9 Å². The molecular weight excluding hydrogens is 449 g/mol. The van der Waals surface area contributed by atoms with Crippen LogP contribution in [0.5, 0.6) is 11.8 Å². The van der Waals surface area contributed by atoms with Crippen LogP contribution in [0.4, 0.5) is 21.9 Å². The van der Waals surface area contributed by atoms with Crippen LogP contribution in [0.3, 0.4) is 0 Å². The minimum atomic E-state index is -0.385. The van der Waals surface area contributed by atoms with Gasteiger partial charge in [0.1, 0.15) is 17.4 Å². The predicted octanol–water partition coefficient (Wildman–Crippen LogP) is 4.95. The average Bonchev–Trinajstić information content (AvgIpc) is 3.39. The zero-order chi connectivity index (χ0) is 23.9. The molecule has 2 N–H and O–H groups in total. The smallest absolute Gasteiger partial charge is 0.325 e. The minimum absolute atomic E-state index is 0.133. The molecule has 3 aromatic heterocycles. The molecule has 0 amide bonds. The lowest BCUT2D eigenvalue weighted by molar-refractivity contribution is 0.311. The van der Waals surface area contributed by atoms with Gasteiger partial charge in [-0.1, -0.05) is 11.6 Å². The number of hydrogen-bond acceptors (Lipinski definition) is 8. The normalized spacial score (nSPS) is 17.1. The second-order valence-electron chi connectivity index (χ2n) is 9.48. The summed E-state index contributed by atoms with van der Waals surface area (Å²) in [7, 11) is 2.11. The number of hydrogen-bond donors (Lipinski definition) is 2. The molecule has 6 rings (SSSR count). The van der Waals surface area contributed by atoms with E-state index in [9.17, 15) is 4.39 Å². The van der Waals surface area contributed by atoms with E-state index in [0.717, 1.165) is 61.6 Å². The highest BCUT2D eigenvalue weighted by Gasteiger charge is 2.24. The van der Waals surface area contributed by atoms with Gasteiger partial charge in [-0.3, -0.25) is 0 Å². The molecule has 2 aliphatic rings. The van der Waals surface area contributed by atoms with Gasteiger partial charge in [0.25, 0.3) is 0 Å². The molecule has 9 nitrogen and oxygen atoms in total. The van der Waals surface area contributed by atoms with Gasteiger partial charge in [-0.15, -0.1) is 0 Å². The third-order valence-electron chi connectivity index (χ3n) is 6.82. The Labute approximate surface area is 202 Å². The fourth-order valence-electron chi connectivity index (χ4n) is 4.57. The number of nitrogens with one attached hydrogen (secondary N) is 2. The second-order valence-corrected chi connectivity index (χ2v) is 9.48. The van der Waals surface area contributed by atoms with Crippen LogP contribution in [0.1, 0.15) is 36.6 Å². The number of anilines is 3. The van der Waals surface area contributed by atoms with E-state index in [4.69, 9.17) is 9.26 Å². The maximum atomic E-state index is 14.6. The Kier molecular flexibility index (Phi) is 5.52. The van der Waals surface area contributed by atoms with E-state index in [2.05, 4.69) is 42.3 Å². The topological polar surface area (TPSA) is 95.3 Å². The Morgan fingerprint density at radius 3 is 2.69 bits per heavy atom. The summed E-state index contributed by atoms with van der Waals surface area (Å²) < 4.78 is 26.1. The molecule has 0 atom stereocenters. The van der Waals surface area contributed by atoms with Gasteiger partial charge >= 0.3 is 6.01 Å². The van der Waals surface area contributed by atoms with Crippen LogP contribution in [0.2, 0.25) is 0 Å². The molecule has 4 heterocycles. The first-order valence-electron chi connectivity index (χ1n) is 12.0. The molecule has 0 bridgehead atoms. The van der Waals surface area contributed by atoms with Crippen LogP contribution in [-0.4, -0.2) is 58.2 Å². The van der Waals surface area contributed by atoms with Crippen LogP contribution in [0.15, 0.2) is 34.9 Å². The number of H-pyrrole nitrogens is 1. The number of rotatable bonds is 6. The fraction of sp³-hybridized carbons (Fsp3) is 0.400. The lowest BCUT2D eigenvalue weighted by Gasteiger charge is -2.33. The Morgan fingerprint density at radius 1 is 1.09 bits per heavy atom. The number of aromatic amines is 1. The number of ether oxygens (including phenoxy) is 1. The van der Waals surface area contributed by atoms with Gasteiger partial charge in [-0.25, -0.2) is 4.39 Å². The predicted molar refractivity (Wildman–Crippen MR) is 131 cm³/mol. The number of aryl methyl sites for hydroxylation is 1. The summed E-state index contributed by atoms with van der Waals surface area (Å²) in [6.45, 7) is 5.43. The molecule has 1 saturated carbocycles. The molecular formula is C25H28FN7O2. The third-order valence-corrected chi connectivity index (χ3v) is 6.82. The molecule has 1 aromatic carbocycles. The SMILES string of the molecule is Cc1cc2cc(Oc3nc(Nc4cc(C5CCC5)no4)cc(N4CCN(C)CC4)n3)cc(F)c2[nH]1. The molecule has 2 fully saturated rings. The largest absolute Gasteiger partial charge is 0.424 e. The molecule has 0 unspecified atom stereocenters. The van der Waals surface area contributed by atoms with Gasteiger partial charge < -0.3 is 29.4 Å². The monoisotopic (exact) mass is 477 g/mol. The van der Waals surface area contributed by atoms with Crippen molar-refractivity contribution in [3.05, 3.63) is 47.5 Å². The summed E-state index contributed by atoms with van der Waals surface area (Å²) in [5.41, 5.74) is 2.30. The molecule has 4 aromatic rings. The van der Waals surface area contributed by atoms with Crippen molar-refractivity contribution in [1.82, 2.24) is 25.0 Å². The van der Waals surface area contributed by atoms with Crippen molar-refractivity contribution in [3.8, 4) is 11.8 Å². The number of likely N-dealkylation sites (N-methyl/N-ethyl adjacent to an activating group) is 1. The van der Waals surface area contributed by atoms with Gasteiger partial charge in [-0.05, 0) is 38.9 Å². The summed E-state index contributed by atoms with van der Waals surface area (Å²) in [5.74, 6) is 2.21. The van der Waals surface area contributed by atoms with Crippen LogP contribution >= 0.6 is 0 Å². The number of fused-ring (bicyclic) bond motifs is 1. The van der Waals surface area contributed by atoms with Crippen molar-refractivity contribution in [1.29, 1.82) is 0 Å². The number of piperazine rings is 1. The average molecular weight is 478 g/mol. The lowest BCUT2D eigenvalue weighted by atomic mass is 9.83. The van der Waals surface area contributed by atoms with Crippen molar-refractivity contribution in [2.45, 2.75) is 32.1 Å². The number of halogens is 1. The molecule has 0 radical (unpaired) electrons. The molecule has 35 heavy (non-hydrogen) atoms. The quantitative estimate of drug-likeness (QED) is 0.403. The highest BCUT2D eigenvalue weighted by atomic mass is 19.1. The van der Waals surface area contributed by atoms with Gasteiger partial charge in [0, 0.05) is 61.4 Å². The van der Waals surface area contributed by atoms with Crippen molar-refractivity contribution in [3.63, 3.8) is 0 Å². The summed E-state index contributed by atoms with van der Waals surface area (Å²) in [6, 6.07) is 8.95. The summed E-state index contributed by atoms with van der Waals surface area (Å²) in [4.78, 5) is 16.7. The first-order valence-corrected chi connectivity index (χ1v) is 12.0. The highest BCUT2D eigenvalue weighted by molar-refractivity contribution is 5.82. The molecule has 10 heteroatoms. The van der Waals surface area contributed by atoms with E-state index >= 15 is 0 Å². The molecule has 182 valence electrons. The highest BCUT2D eigenvalue weighted by Crippen LogP contribution is 2.37.